The van der Waals surface area contributed by atoms with Crippen molar-refractivity contribution in [3.05, 3.63) is 87.4 Å². The molecule has 0 aliphatic rings. The van der Waals surface area contributed by atoms with Crippen LogP contribution in [0.3, 0.4) is 0 Å². The van der Waals surface area contributed by atoms with Crippen LogP contribution in [0.15, 0.2) is 76.1 Å². The number of sulfonamides is 1. The van der Waals surface area contributed by atoms with E-state index < -0.39 is 10.0 Å². The maximum absolute atomic E-state index is 12.6. The summed E-state index contributed by atoms with van der Waals surface area (Å²) in [5, 5.41) is 3.03. The molecule has 0 bridgehead atoms. The molecule has 0 aromatic heterocycles. The Labute approximate surface area is 176 Å². The number of hydrogen-bond donors (Lipinski definition) is 2. The van der Waals surface area contributed by atoms with Gasteiger partial charge in [0.15, 0.2) is 0 Å². The predicted octanol–water partition coefficient (Wildman–Crippen LogP) is 5.46. The van der Waals surface area contributed by atoms with Crippen molar-refractivity contribution in [3.63, 3.8) is 0 Å². The zero-order valence-corrected chi connectivity index (χ0v) is 17.9. The van der Waals surface area contributed by atoms with E-state index in [4.69, 9.17) is 11.6 Å². The van der Waals surface area contributed by atoms with Gasteiger partial charge in [-0.3, -0.25) is 9.52 Å². The normalized spacial score (nSPS) is 11.1. The maximum atomic E-state index is 12.6. The van der Waals surface area contributed by atoms with Crippen molar-refractivity contribution >= 4 is 54.8 Å². The minimum atomic E-state index is -3.74. The summed E-state index contributed by atoms with van der Waals surface area (Å²) in [7, 11) is -3.74. The number of rotatable bonds is 5. The number of halogens is 2. The Kier molecular flexibility index (Phi) is 6.07. The van der Waals surface area contributed by atoms with Gasteiger partial charge in [-0.25, -0.2) is 8.42 Å². The van der Waals surface area contributed by atoms with Crippen LogP contribution >= 0.6 is 27.5 Å². The molecular formula is C20H16BrClN2O3S. The van der Waals surface area contributed by atoms with Crippen LogP contribution in [0.25, 0.3) is 0 Å². The van der Waals surface area contributed by atoms with Gasteiger partial charge >= 0.3 is 0 Å². The molecule has 0 saturated heterocycles. The first-order valence-corrected chi connectivity index (χ1v) is 10.9. The summed E-state index contributed by atoms with van der Waals surface area (Å²) in [4.78, 5) is 12.5. The van der Waals surface area contributed by atoms with Crippen molar-refractivity contribution in [2.24, 2.45) is 0 Å². The highest BCUT2D eigenvalue weighted by molar-refractivity contribution is 9.10. The Morgan fingerprint density at radius 2 is 1.68 bits per heavy atom. The average molecular weight is 480 g/mol. The van der Waals surface area contributed by atoms with E-state index in [0.717, 1.165) is 10.0 Å². The molecule has 0 aliphatic heterocycles. The monoisotopic (exact) mass is 478 g/mol. The first-order valence-electron chi connectivity index (χ1n) is 8.21. The van der Waals surface area contributed by atoms with Gasteiger partial charge in [0.2, 0.25) is 0 Å². The number of nitrogens with one attached hydrogen (secondary N) is 2. The minimum Gasteiger partial charge on any atom is -0.322 e. The van der Waals surface area contributed by atoms with Crippen LogP contribution < -0.4 is 10.0 Å². The molecule has 1 amide bonds. The largest absolute Gasteiger partial charge is 0.322 e. The van der Waals surface area contributed by atoms with Gasteiger partial charge in [-0.2, -0.15) is 0 Å². The number of carbonyl (C=O) groups is 1. The summed E-state index contributed by atoms with van der Waals surface area (Å²) in [6.45, 7) is 1.82. The van der Waals surface area contributed by atoms with Crippen LogP contribution in [0.4, 0.5) is 11.4 Å². The molecule has 3 aromatic carbocycles. The first kappa shape index (κ1) is 20.4. The Hall–Kier alpha value is -2.35. The van der Waals surface area contributed by atoms with Crippen molar-refractivity contribution in [1.29, 1.82) is 0 Å². The lowest BCUT2D eigenvalue weighted by Crippen LogP contribution is -2.15. The molecule has 3 aromatic rings. The summed E-state index contributed by atoms with van der Waals surface area (Å²) in [6.07, 6.45) is 0. The number of benzene rings is 3. The first-order chi connectivity index (χ1) is 13.3. The van der Waals surface area contributed by atoms with Gasteiger partial charge in [-0.05, 0) is 61.0 Å². The minimum absolute atomic E-state index is 0.0919. The highest BCUT2D eigenvalue weighted by Gasteiger charge is 2.16. The van der Waals surface area contributed by atoms with Crippen LogP contribution in [-0.4, -0.2) is 14.3 Å². The van der Waals surface area contributed by atoms with Crippen molar-refractivity contribution in [2.45, 2.75) is 11.8 Å². The zero-order chi connectivity index (χ0) is 20.3. The fourth-order valence-corrected chi connectivity index (χ4v) is 4.17. The average Bonchev–Trinajstić information content (AvgIpc) is 2.66. The third-order valence-corrected chi connectivity index (χ3v) is 6.19. The highest BCUT2D eigenvalue weighted by Crippen LogP contribution is 2.24. The van der Waals surface area contributed by atoms with Crippen molar-refractivity contribution < 1.29 is 13.2 Å². The van der Waals surface area contributed by atoms with Crippen molar-refractivity contribution in [2.75, 3.05) is 10.0 Å². The van der Waals surface area contributed by atoms with Gasteiger partial charge in [-0.1, -0.05) is 45.7 Å². The number of amides is 1. The molecule has 5 nitrogen and oxygen atoms in total. The van der Waals surface area contributed by atoms with Crippen LogP contribution in [0.1, 0.15) is 15.9 Å². The smallest absolute Gasteiger partial charge is 0.261 e. The SMILES string of the molecule is Cc1ccccc1NS(=O)(=O)c1ccc(NC(=O)c2cc(Br)ccc2Cl)cc1. The summed E-state index contributed by atoms with van der Waals surface area (Å²) in [5.74, 6) is -0.389. The Morgan fingerprint density at radius 1 is 1.00 bits per heavy atom. The zero-order valence-electron chi connectivity index (χ0n) is 14.7. The lowest BCUT2D eigenvalue weighted by molar-refractivity contribution is 0.102. The Morgan fingerprint density at radius 3 is 2.36 bits per heavy atom. The molecule has 0 heterocycles. The summed E-state index contributed by atoms with van der Waals surface area (Å²) in [5.41, 5.74) is 2.11. The molecule has 28 heavy (non-hydrogen) atoms. The van der Waals surface area contributed by atoms with E-state index in [1.807, 2.05) is 19.1 Å². The maximum Gasteiger partial charge on any atom is 0.261 e. The van der Waals surface area contributed by atoms with Gasteiger partial charge in [0.05, 0.1) is 21.2 Å². The van der Waals surface area contributed by atoms with E-state index in [-0.39, 0.29) is 10.8 Å². The molecule has 0 spiro atoms. The third-order valence-electron chi connectivity index (χ3n) is 3.98. The van der Waals surface area contributed by atoms with Crippen LogP contribution in [0.2, 0.25) is 5.02 Å². The lowest BCUT2D eigenvalue weighted by Gasteiger charge is -2.11. The molecule has 3 rings (SSSR count). The van der Waals surface area contributed by atoms with E-state index in [1.54, 1.807) is 30.3 Å². The Balaban J connectivity index is 1.77. The molecule has 0 fully saturated rings. The van der Waals surface area contributed by atoms with E-state index in [1.165, 1.54) is 24.3 Å². The second-order valence-corrected chi connectivity index (χ2v) is 9.03. The number of hydrogen-bond acceptors (Lipinski definition) is 3. The van der Waals surface area contributed by atoms with Gasteiger partial charge in [0, 0.05) is 10.2 Å². The quantitative estimate of drug-likeness (QED) is 0.510. The molecular weight excluding hydrogens is 464 g/mol. The predicted molar refractivity (Wildman–Crippen MR) is 116 cm³/mol. The van der Waals surface area contributed by atoms with E-state index in [2.05, 4.69) is 26.0 Å². The summed E-state index contributed by atoms with van der Waals surface area (Å²) in [6, 6.07) is 18.0. The number of para-hydroxylation sites is 1. The van der Waals surface area contributed by atoms with E-state index in [0.29, 0.717) is 22.0 Å². The molecule has 2 N–H and O–H groups in total. The fraction of sp³-hybridized carbons (Fsp3) is 0.0500. The third kappa shape index (κ3) is 4.73. The second kappa shape index (κ2) is 8.34. The standard InChI is InChI=1S/C20H16BrClN2O3S/c1-13-4-2-3-5-19(13)24-28(26,27)16-9-7-15(8-10-16)23-20(25)17-12-14(21)6-11-18(17)22/h2-12,24H,1H3,(H,23,25). The molecule has 0 radical (unpaired) electrons. The topological polar surface area (TPSA) is 75.3 Å². The van der Waals surface area contributed by atoms with Gasteiger partial charge in [-0.15, -0.1) is 0 Å². The lowest BCUT2D eigenvalue weighted by atomic mass is 10.2. The molecule has 0 aliphatic carbocycles. The molecule has 8 heteroatoms. The molecule has 0 saturated carbocycles. The number of aryl methyl sites for hydroxylation is 1. The molecule has 0 atom stereocenters. The summed E-state index contributed by atoms with van der Waals surface area (Å²) >= 11 is 9.36. The van der Waals surface area contributed by atoms with Crippen molar-refractivity contribution in [3.8, 4) is 0 Å². The van der Waals surface area contributed by atoms with E-state index >= 15 is 0 Å². The van der Waals surface area contributed by atoms with Gasteiger partial charge < -0.3 is 5.32 Å². The number of carbonyl (C=O) groups excluding carboxylic acids is 1. The van der Waals surface area contributed by atoms with Gasteiger partial charge in [0.1, 0.15) is 0 Å². The second-order valence-electron chi connectivity index (χ2n) is 6.02. The summed E-state index contributed by atoms with van der Waals surface area (Å²) < 4.78 is 28.4. The Bertz CT molecular complexity index is 1130. The number of anilines is 2. The van der Waals surface area contributed by atoms with Crippen LogP contribution in [0, 0.1) is 6.92 Å². The highest BCUT2D eigenvalue weighted by atomic mass is 79.9. The fourth-order valence-electron chi connectivity index (χ4n) is 2.48. The van der Waals surface area contributed by atoms with Crippen LogP contribution in [-0.2, 0) is 10.0 Å². The van der Waals surface area contributed by atoms with Gasteiger partial charge in [0.25, 0.3) is 15.9 Å². The molecule has 0 unspecified atom stereocenters. The van der Waals surface area contributed by atoms with Crippen molar-refractivity contribution in [1.82, 2.24) is 0 Å². The molecule has 144 valence electrons. The van der Waals surface area contributed by atoms with Crippen LogP contribution in [0.5, 0.6) is 0 Å². The van der Waals surface area contributed by atoms with E-state index in [9.17, 15) is 13.2 Å².